The van der Waals surface area contributed by atoms with Crippen LogP contribution in [0.4, 0.5) is 0 Å². The molecule has 366 valence electrons. The summed E-state index contributed by atoms with van der Waals surface area (Å²) in [6, 6.07) is 0. The van der Waals surface area contributed by atoms with Crippen molar-refractivity contribution >= 4 is 0 Å². The fourth-order valence-electron chi connectivity index (χ4n) is 3.62. The molecule has 0 aliphatic heterocycles. The van der Waals surface area contributed by atoms with E-state index in [2.05, 4.69) is 114 Å². The van der Waals surface area contributed by atoms with E-state index in [0.29, 0.717) is 0 Å². The minimum atomic E-state index is 0. The Labute approximate surface area is 375 Å². The number of unbranched alkanes of at least 4 members (excludes halogenated alkanes) is 3. The van der Waals surface area contributed by atoms with Crippen LogP contribution in [0.2, 0.25) is 0 Å². The molecule has 3 rings (SSSR count). The average molecular weight is 827 g/mol. The maximum atomic E-state index is 2.34. The summed E-state index contributed by atoms with van der Waals surface area (Å²) in [7, 11) is 6.49. The second-order valence-corrected chi connectivity index (χ2v) is 11.0. The molecule has 1 saturated carbocycles. The van der Waals surface area contributed by atoms with Gasteiger partial charge in [0, 0.05) is 0 Å². The first-order chi connectivity index (χ1) is 24.9. The van der Waals surface area contributed by atoms with Crippen molar-refractivity contribution in [2.45, 2.75) is 265 Å². The molecule has 3 nitrogen and oxygen atoms in total. The third-order valence-corrected chi connectivity index (χ3v) is 7.11. The summed E-state index contributed by atoms with van der Waals surface area (Å²) in [4.78, 5) is 7.01. The maximum absolute atomic E-state index is 2.34. The molecule has 0 atom stereocenters. The first kappa shape index (κ1) is 101. The van der Waals surface area contributed by atoms with Crippen LogP contribution in [0.15, 0.2) is 36.5 Å². The minimum absolute atomic E-state index is 0. The highest BCUT2D eigenvalue weighted by Crippen LogP contribution is 2.15. The molecule has 0 saturated heterocycles. The molecule has 0 bridgehead atoms. The van der Waals surface area contributed by atoms with Crippen LogP contribution in [0, 0.1) is 0 Å². The van der Waals surface area contributed by atoms with Crippen LogP contribution in [0.25, 0.3) is 0 Å². The fourth-order valence-corrected chi connectivity index (χ4v) is 3.62. The topological polar surface area (TPSA) is 9.72 Å². The molecule has 57 heavy (non-hydrogen) atoms. The summed E-state index contributed by atoms with van der Waals surface area (Å²) in [5.41, 5.74) is 0. The van der Waals surface area contributed by atoms with Crippen LogP contribution in [-0.4, -0.2) is 75.1 Å². The van der Waals surface area contributed by atoms with Gasteiger partial charge in [0.2, 0.25) is 0 Å². The van der Waals surface area contributed by atoms with Gasteiger partial charge in [-0.25, -0.2) is 0 Å². The summed E-state index contributed by atoms with van der Waals surface area (Å²) in [5, 5.41) is 0. The Morgan fingerprint density at radius 2 is 0.544 bits per heavy atom. The molecule has 0 N–H and O–H groups in total. The van der Waals surface area contributed by atoms with Gasteiger partial charge in [0.05, 0.1) is 0 Å². The van der Waals surface area contributed by atoms with Crippen LogP contribution < -0.4 is 0 Å². The van der Waals surface area contributed by atoms with Crippen LogP contribution >= 0.6 is 0 Å². The monoisotopic (exact) mass is 826 g/mol. The Morgan fingerprint density at radius 3 is 0.649 bits per heavy atom. The first-order valence-corrected chi connectivity index (χ1v) is 22.9. The van der Waals surface area contributed by atoms with Gasteiger partial charge in [0.15, 0.2) is 0 Å². The number of hydrogen-bond acceptors (Lipinski definition) is 3. The Hall–Kier alpha value is -0.900. The van der Waals surface area contributed by atoms with Crippen LogP contribution in [0.1, 0.15) is 265 Å². The lowest BCUT2D eigenvalue weighted by Crippen LogP contribution is -2.18. The highest BCUT2D eigenvalue weighted by atomic mass is 15.1. The molecule has 0 unspecified atom stereocenters. The third kappa shape index (κ3) is 151. The van der Waals surface area contributed by atoms with Gasteiger partial charge in [0.1, 0.15) is 0 Å². The summed E-state index contributed by atoms with van der Waals surface area (Å²) in [6.07, 6.45) is 33.4. The molecule has 0 aromatic rings. The van der Waals surface area contributed by atoms with Gasteiger partial charge in [-0.3, -0.25) is 0 Å². The largest absolute Gasteiger partial charge is 0.307 e. The molecule has 1 fully saturated rings. The van der Waals surface area contributed by atoms with E-state index in [9.17, 15) is 0 Å². The standard InChI is InChI=1S/3C7H17N.C5H10.C5H8.C5H6.6C2H6.6CH4/c3*1-4-6-7-8(3)5-2;3*1-2-4-5-3-1;6*1-2;;;;;;/h3*4-7H2,1-3H3;1-5H2;1-2H,3-5H2;1-4H,5H2;6*1-2H3;6*1H4. The Kier molecular flexibility index (Phi) is 232. The maximum Gasteiger partial charge on any atom is -0.00220 e. The predicted molar refractivity (Wildman–Crippen MR) is 292 cm³/mol. The van der Waals surface area contributed by atoms with E-state index in [1.807, 2.05) is 83.1 Å². The molecule has 3 heteroatoms. The van der Waals surface area contributed by atoms with Crippen molar-refractivity contribution in [3.8, 4) is 0 Å². The van der Waals surface area contributed by atoms with E-state index in [0.717, 1.165) is 6.42 Å². The van der Waals surface area contributed by atoms with Gasteiger partial charge in [-0.1, -0.05) is 257 Å². The molecule has 0 spiro atoms. The second kappa shape index (κ2) is 131. The minimum Gasteiger partial charge on any atom is -0.307 e. The Bertz CT molecular complexity index is 438. The van der Waals surface area contributed by atoms with Gasteiger partial charge < -0.3 is 14.7 Å². The molecule has 0 heterocycles. The Morgan fingerprint density at radius 1 is 0.333 bits per heavy atom. The number of nitrogens with zero attached hydrogens (tertiary/aromatic N) is 3. The normalized spacial score (nSPS) is 10.5. The lowest BCUT2D eigenvalue weighted by molar-refractivity contribution is 0.346. The second-order valence-electron chi connectivity index (χ2n) is 11.0. The van der Waals surface area contributed by atoms with Gasteiger partial charge in [-0.05, 0) is 105 Å². The van der Waals surface area contributed by atoms with E-state index in [1.165, 1.54) is 129 Å². The van der Waals surface area contributed by atoms with Crippen LogP contribution in [0.5, 0.6) is 0 Å². The fraction of sp³-hybridized carbons (Fsp3) is 0.889. The average Bonchev–Trinajstić information content (AvgIpc) is 4.08. The highest BCUT2D eigenvalue weighted by molar-refractivity contribution is 5.12. The predicted octanol–water partition coefficient (Wildman–Crippen LogP) is 20.4. The van der Waals surface area contributed by atoms with E-state index in [4.69, 9.17) is 0 Å². The smallest absolute Gasteiger partial charge is 0.00220 e. The molecule has 0 amide bonds. The molecule has 3 aliphatic rings. The Balaban J connectivity index is -0.0000000267. The zero-order chi connectivity index (χ0) is 41.8. The molecule has 0 aromatic heterocycles. The van der Waals surface area contributed by atoms with Crippen LogP contribution in [0.3, 0.4) is 0 Å². The van der Waals surface area contributed by atoms with E-state index in [-0.39, 0.29) is 44.6 Å². The lowest BCUT2D eigenvalue weighted by atomic mass is 10.3. The zero-order valence-electron chi connectivity index (χ0n) is 40.7. The van der Waals surface area contributed by atoms with E-state index >= 15 is 0 Å². The van der Waals surface area contributed by atoms with Crippen molar-refractivity contribution in [1.29, 1.82) is 0 Å². The third-order valence-electron chi connectivity index (χ3n) is 7.11. The van der Waals surface area contributed by atoms with Crippen LogP contribution in [-0.2, 0) is 0 Å². The summed E-state index contributed by atoms with van der Waals surface area (Å²) >= 11 is 0. The SMILES string of the molecule is C.C.C.C.C.C.C1=CCC=C1.C1=CCCC1.C1CCCC1.CC.CC.CC.CC.CC.CC.CCCCN(C)CC.CCCCN(C)CC.CCCCN(C)CC. The van der Waals surface area contributed by atoms with Crippen molar-refractivity contribution in [1.82, 2.24) is 14.7 Å². The molecule has 0 aromatic carbocycles. The molecular weight excluding hydrogens is 691 g/mol. The van der Waals surface area contributed by atoms with Crippen molar-refractivity contribution in [3.63, 3.8) is 0 Å². The van der Waals surface area contributed by atoms with Crippen molar-refractivity contribution in [3.05, 3.63) is 36.5 Å². The zero-order valence-corrected chi connectivity index (χ0v) is 40.7. The quantitative estimate of drug-likeness (QED) is 0.182. The summed E-state index contributed by atoms with van der Waals surface area (Å²) in [6.45, 7) is 44.6. The first-order valence-electron chi connectivity index (χ1n) is 22.9. The van der Waals surface area contributed by atoms with Crippen molar-refractivity contribution < 1.29 is 0 Å². The highest BCUT2D eigenvalue weighted by Gasteiger charge is 1.95. The van der Waals surface area contributed by atoms with Gasteiger partial charge in [0.25, 0.3) is 0 Å². The molecular formula is C54H135N3. The van der Waals surface area contributed by atoms with E-state index < -0.39 is 0 Å². The van der Waals surface area contributed by atoms with Gasteiger partial charge >= 0.3 is 0 Å². The van der Waals surface area contributed by atoms with Gasteiger partial charge in [-0.15, -0.1) is 0 Å². The molecule has 0 radical (unpaired) electrons. The molecule has 3 aliphatic carbocycles. The van der Waals surface area contributed by atoms with Crippen molar-refractivity contribution in [2.75, 3.05) is 60.4 Å². The number of hydrogen-bond donors (Lipinski definition) is 0. The number of rotatable bonds is 12. The number of allylic oxidation sites excluding steroid dienone is 6. The van der Waals surface area contributed by atoms with Crippen molar-refractivity contribution in [2.24, 2.45) is 0 Å². The van der Waals surface area contributed by atoms with Gasteiger partial charge in [-0.2, -0.15) is 0 Å². The van der Waals surface area contributed by atoms with E-state index in [1.54, 1.807) is 0 Å². The summed E-state index contributed by atoms with van der Waals surface area (Å²) < 4.78 is 0. The lowest BCUT2D eigenvalue weighted by Gasteiger charge is -2.11. The summed E-state index contributed by atoms with van der Waals surface area (Å²) in [5.74, 6) is 0.